The lowest BCUT2D eigenvalue weighted by molar-refractivity contribution is -0.222. The van der Waals surface area contributed by atoms with E-state index in [9.17, 15) is 18.0 Å². The van der Waals surface area contributed by atoms with Gasteiger partial charge in [-0.25, -0.2) is 0 Å². The van der Waals surface area contributed by atoms with Gasteiger partial charge in [0, 0.05) is 31.7 Å². The van der Waals surface area contributed by atoms with Gasteiger partial charge in [-0.1, -0.05) is 0 Å². The van der Waals surface area contributed by atoms with E-state index in [0.29, 0.717) is 19.8 Å². The topological polar surface area (TPSA) is 41.6 Å². The van der Waals surface area contributed by atoms with Crippen LogP contribution in [0.15, 0.2) is 0 Å². The van der Waals surface area contributed by atoms with E-state index >= 15 is 0 Å². The molecule has 2 atom stereocenters. The van der Waals surface area contributed by atoms with Gasteiger partial charge in [0.15, 0.2) is 5.41 Å². The molecule has 120 valence electrons. The molecule has 3 fully saturated rings. The summed E-state index contributed by atoms with van der Waals surface area (Å²) in [5.41, 5.74) is -2.23. The van der Waals surface area contributed by atoms with Crippen LogP contribution in [0.4, 0.5) is 13.2 Å². The third-order valence-corrected chi connectivity index (χ3v) is 4.83. The smallest absolute Gasteiger partial charge is 0.381 e. The van der Waals surface area contributed by atoms with Crippen LogP contribution in [0, 0.1) is 11.3 Å². The van der Waals surface area contributed by atoms with Crippen molar-refractivity contribution in [2.75, 3.05) is 32.8 Å². The largest absolute Gasteiger partial charge is 0.404 e. The Kier molecular flexibility index (Phi) is 3.90. The zero-order chi connectivity index (χ0) is 15.1. The summed E-state index contributed by atoms with van der Waals surface area (Å²) >= 11 is 0. The first kappa shape index (κ1) is 15.1. The van der Waals surface area contributed by atoms with E-state index in [1.165, 1.54) is 4.90 Å². The number of amides is 1. The molecule has 0 spiro atoms. The number of carbonyl (C=O) groups excluding carboxylic acids is 1. The molecule has 2 unspecified atom stereocenters. The molecule has 2 heterocycles. The zero-order valence-corrected chi connectivity index (χ0v) is 11.9. The molecule has 1 N–H and O–H groups in total. The number of carbonyl (C=O) groups is 1. The van der Waals surface area contributed by atoms with Crippen LogP contribution < -0.4 is 5.32 Å². The van der Waals surface area contributed by atoms with E-state index in [1.807, 2.05) is 0 Å². The number of alkyl halides is 3. The van der Waals surface area contributed by atoms with Crippen molar-refractivity contribution >= 4 is 5.91 Å². The highest BCUT2D eigenvalue weighted by Crippen LogP contribution is 2.46. The maximum Gasteiger partial charge on any atom is 0.404 e. The highest BCUT2D eigenvalue weighted by atomic mass is 19.4. The number of hydrogen-bond donors (Lipinski definition) is 1. The molecule has 3 rings (SSSR count). The standard InChI is InChI=1S/C14H21F3N2O2/c15-14(16,17)13(4-5-18-9-13)12(20)19(11-1-2-11)7-10-3-6-21-8-10/h10-11,18H,1-9H2. The van der Waals surface area contributed by atoms with Gasteiger partial charge in [0.05, 0.1) is 6.61 Å². The molecule has 0 bridgehead atoms. The molecule has 0 aromatic rings. The molecule has 0 aromatic carbocycles. The summed E-state index contributed by atoms with van der Waals surface area (Å²) in [4.78, 5) is 14.2. The molecule has 7 heteroatoms. The average Bonchev–Trinajstić information content (AvgIpc) is 2.94. The van der Waals surface area contributed by atoms with Gasteiger partial charge in [-0.3, -0.25) is 4.79 Å². The van der Waals surface area contributed by atoms with Crippen molar-refractivity contribution in [3.8, 4) is 0 Å². The van der Waals surface area contributed by atoms with Crippen molar-refractivity contribution in [2.24, 2.45) is 11.3 Å². The maximum atomic E-state index is 13.5. The number of nitrogens with zero attached hydrogens (tertiary/aromatic N) is 1. The highest BCUT2D eigenvalue weighted by molar-refractivity contribution is 5.85. The zero-order valence-electron chi connectivity index (χ0n) is 11.9. The highest BCUT2D eigenvalue weighted by Gasteiger charge is 2.63. The van der Waals surface area contributed by atoms with Gasteiger partial charge in [-0.2, -0.15) is 13.2 Å². The van der Waals surface area contributed by atoms with E-state index < -0.39 is 17.5 Å². The van der Waals surface area contributed by atoms with Gasteiger partial charge >= 0.3 is 6.18 Å². The summed E-state index contributed by atoms with van der Waals surface area (Å²) in [6.07, 6.45) is -2.18. The molecule has 1 aliphatic carbocycles. The lowest BCUT2D eigenvalue weighted by Gasteiger charge is -2.36. The van der Waals surface area contributed by atoms with Gasteiger partial charge in [0.1, 0.15) is 0 Å². The fraction of sp³-hybridized carbons (Fsp3) is 0.929. The molecule has 0 aromatic heterocycles. The summed E-state index contributed by atoms with van der Waals surface area (Å²) in [6.45, 7) is 1.55. The van der Waals surface area contributed by atoms with Crippen LogP contribution in [0.5, 0.6) is 0 Å². The lowest BCUT2D eigenvalue weighted by atomic mass is 9.84. The Morgan fingerprint density at radius 3 is 2.57 bits per heavy atom. The van der Waals surface area contributed by atoms with Gasteiger partial charge in [0.2, 0.25) is 5.91 Å². The molecular weight excluding hydrogens is 285 g/mol. The minimum atomic E-state index is -4.49. The quantitative estimate of drug-likeness (QED) is 0.857. The van der Waals surface area contributed by atoms with Crippen LogP contribution in [0.3, 0.4) is 0 Å². The second kappa shape index (κ2) is 5.43. The Balaban J connectivity index is 1.78. The monoisotopic (exact) mass is 306 g/mol. The Bertz CT molecular complexity index is 398. The van der Waals surface area contributed by atoms with E-state index in [1.54, 1.807) is 0 Å². The van der Waals surface area contributed by atoms with Crippen LogP contribution in [0.25, 0.3) is 0 Å². The molecule has 3 aliphatic rings. The molecule has 0 radical (unpaired) electrons. The molecule has 1 saturated carbocycles. The van der Waals surface area contributed by atoms with Crippen molar-refractivity contribution in [3.05, 3.63) is 0 Å². The predicted molar refractivity (Wildman–Crippen MR) is 69.6 cm³/mol. The van der Waals surface area contributed by atoms with Crippen LogP contribution in [0.2, 0.25) is 0 Å². The lowest BCUT2D eigenvalue weighted by Crippen LogP contribution is -2.55. The Morgan fingerprint density at radius 1 is 1.33 bits per heavy atom. The third kappa shape index (κ3) is 2.77. The number of rotatable bonds is 4. The van der Waals surface area contributed by atoms with Gasteiger partial charge in [-0.15, -0.1) is 0 Å². The van der Waals surface area contributed by atoms with E-state index in [4.69, 9.17) is 4.74 Å². The van der Waals surface area contributed by atoms with Crippen LogP contribution in [0.1, 0.15) is 25.7 Å². The van der Waals surface area contributed by atoms with Crippen molar-refractivity contribution in [1.29, 1.82) is 0 Å². The SMILES string of the molecule is O=C(N(CC1CCOC1)C1CC1)C1(C(F)(F)F)CCNC1. The minimum Gasteiger partial charge on any atom is -0.381 e. The van der Waals surface area contributed by atoms with Crippen molar-refractivity contribution in [2.45, 2.75) is 37.9 Å². The van der Waals surface area contributed by atoms with Gasteiger partial charge in [0.25, 0.3) is 0 Å². The summed E-state index contributed by atoms with van der Waals surface area (Å²) in [6, 6.07) is -0.00192. The molecule has 4 nitrogen and oxygen atoms in total. The average molecular weight is 306 g/mol. The van der Waals surface area contributed by atoms with Crippen molar-refractivity contribution in [3.63, 3.8) is 0 Å². The second-order valence-electron chi connectivity index (χ2n) is 6.42. The van der Waals surface area contributed by atoms with E-state index in [0.717, 1.165) is 19.3 Å². The summed E-state index contributed by atoms with van der Waals surface area (Å²) in [7, 11) is 0. The fourth-order valence-corrected chi connectivity index (χ4v) is 3.30. The Hall–Kier alpha value is -0.820. The normalized spacial score (nSPS) is 33.4. The number of ether oxygens (including phenoxy) is 1. The van der Waals surface area contributed by atoms with E-state index in [2.05, 4.69) is 5.32 Å². The third-order valence-electron chi connectivity index (χ3n) is 4.83. The summed E-state index contributed by atoms with van der Waals surface area (Å²) < 4.78 is 45.8. The Morgan fingerprint density at radius 2 is 2.10 bits per heavy atom. The van der Waals surface area contributed by atoms with Crippen LogP contribution in [-0.4, -0.2) is 55.9 Å². The van der Waals surface area contributed by atoms with Crippen molar-refractivity contribution < 1.29 is 22.7 Å². The first-order valence-corrected chi connectivity index (χ1v) is 7.60. The molecule has 2 aliphatic heterocycles. The predicted octanol–water partition coefficient (Wildman–Crippen LogP) is 1.56. The molecule has 2 saturated heterocycles. The van der Waals surface area contributed by atoms with Gasteiger partial charge in [-0.05, 0) is 32.2 Å². The van der Waals surface area contributed by atoms with Crippen LogP contribution in [-0.2, 0) is 9.53 Å². The summed E-state index contributed by atoms with van der Waals surface area (Å²) in [5, 5.41) is 2.72. The second-order valence-corrected chi connectivity index (χ2v) is 6.42. The van der Waals surface area contributed by atoms with Crippen LogP contribution >= 0.6 is 0 Å². The number of halogens is 3. The first-order valence-electron chi connectivity index (χ1n) is 7.60. The van der Waals surface area contributed by atoms with E-state index in [-0.39, 0.29) is 31.5 Å². The first-order chi connectivity index (χ1) is 9.94. The van der Waals surface area contributed by atoms with Crippen molar-refractivity contribution in [1.82, 2.24) is 10.2 Å². The van der Waals surface area contributed by atoms with Gasteiger partial charge < -0.3 is 15.0 Å². The fourth-order valence-electron chi connectivity index (χ4n) is 3.30. The summed E-state index contributed by atoms with van der Waals surface area (Å²) in [5.74, 6) is -0.552. The number of hydrogen-bond acceptors (Lipinski definition) is 3. The molecule has 1 amide bonds. The Labute approximate surface area is 122 Å². The minimum absolute atomic E-state index is 0.00192. The molecular formula is C14H21F3N2O2. The molecule has 21 heavy (non-hydrogen) atoms. The number of nitrogens with one attached hydrogen (secondary N) is 1. The maximum absolute atomic E-state index is 13.5.